The number of amides is 4. The van der Waals surface area contributed by atoms with E-state index >= 15 is 0 Å². The Hall–Kier alpha value is -3.19. The van der Waals surface area contributed by atoms with E-state index in [9.17, 15) is 14.4 Å². The molecule has 0 fully saturated rings. The predicted octanol–water partition coefficient (Wildman–Crippen LogP) is 0.899. The molecule has 2 aromatic carbocycles. The Kier molecular flexibility index (Phi) is 7.71. The van der Waals surface area contributed by atoms with Crippen molar-refractivity contribution in [3.63, 3.8) is 0 Å². The van der Waals surface area contributed by atoms with E-state index in [2.05, 4.69) is 16.0 Å². The third-order valence-electron chi connectivity index (χ3n) is 4.46. The van der Waals surface area contributed by atoms with Crippen LogP contribution in [0.5, 0.6) is 0 Å². The number of rotatable bonds is 7. The van der Waals surface area contributed by atoms with Crippen molar-refractivity contribution in [2.75, 3.05) is 26.0 Å². The van der Waals surface area contributed by atoms with Gasteiger partial charge in [-0.2, -0.15) is 0 Å². The van der Waals surface area contributed by atoms with Gasteiger partial charge in [0.25, 0.3) is 11.8 Å². The molecule has 0 aliphatic rings. The molecule has 148 valence electrons. The van der Waals surface area contributed by atoms with Gasteiger partial charge in [0.15, 0.2) is 12.6 Å². The zero-order valence-electron chi connectivity index (χ0n) is 16.4. The second-order valence-electron chi connectivity index (χ2n) is 6.49. The number of anilines is 1. The van der Waals surface area contributed by atoms with Gasteiger partial charge < -0.3 is 15.5 Å². The maximum atomic E-state index is 12.7. The molecule has 2 rings (SSSR count). The van der Waals surface area contributed by atoms with Crippen LogP contribution >= 0.6 is 0 Å². The van der Waals surface area contributed by atoms with Gasteiger partial charge >= 0.3 is 6.03 Å². The molecule has 2 aromatic rings. The van der Waals surface area contributed by atoms with Gasteiger partial charge in [0.1, 0.15) is 0 Å². The summed E-state index contributed by atoms with van der Waals surface area (Å²) in [6, 6.07) is 15.4. The summed E-state index contributed by atoms with van der Waals surface area (Å²) >= 11 is 0. The second kappa shape index (κ2) is 10.2. The molecule has 0 bridgehead atoms. The number of imide groups is 1. The number of likely N-dealkylation sites (N-methyl/N-ethyl adjacent to an activating group) is 1. The zero-order valence-corrected chi connectivity index (χ0v) is 16.4. The van der Waals surface area contributed by atoms with E-state index in [0.717, 1.165) is 23.2 Å². The molecule has 0 aliphatic heterocycles. The molecule has 4 amide bonds. The lowest BCUT2D eigenvalue weighted by Gasteiger charge is -2.24. The molecule has 2 atom stereocenters. The largest absolute Gasteiger partial charge is 0.341 e. The standard InChI is InChI=1S/C21H26N4O3/c1-4-15-10-8-9-13-17(15)23-18(26)14-25(3)19(16-11-6-5-7-12-16)20(27)24-21(28)22-2/h5-13,19H,4,14H2,1-3H3,(H,23,26)(H2,22,24,27,28)/p+1/t19-/m0/s1. The van der Waals surface area contributed by atoms with Gasteiger partial charge in [0.2, 0.25) is 0 Å². The molecule has 7 heteroatoms. The Morgan fingerprint density at radius 1 is 1.00 bits per heavy atom. The van der Waals surface area contributed by atoms with Gasteiger partial charge in [-0.05, 0) is 18.1 Å². The van der Waals surface area contributed by atoms with Crippen molar-refractivity contribution >= 4 is 23.5 Å². The normalized spacial score (nSPS) is 12.5. The van der Waals surface area contributed by atoms with Gasteiger partial charge in [-0.3, -0.25) is 14.9 Å². The fourth-order valence-electron chi connectivity index (χ4n) is 3.05. The first kappa shape index (κ1) is 21.1. The maximum Gasteiger partial charge on any atom is 0.321 e. The topological polar surface area (TPSA) is 91.7 Å². The van der Waals surface area contributed by atoms with Crippen LogP contribution in [0.2, 0.25) is 0 Å². The molecule has 0 saturated carbocycles. The summed E-state index contributed by atoms with van der Waals surface area (Å²) in [5.74, 6) is -0.670. The van der Waals surface area contributed by atoms with E-state index in [1.165, 1.54) is 7.05 Å². The van der Waals surface area contributed by atoms with Gasteiger partial charge in [0, 0.05) is 18.3 Å². The molecule has 0 radical (unpaired) electrons. The quantitative estimate of drug-likeness (QED) is 0.573. The van der Waals surface area contributed by atoms with Gasteiger partial charge in [-0.25, -0.2) is 4.79 Å². The first-order valence-electron chi connectivity index (χ1n) is 9.23. The van der Waals surface area contributed by atoms with E-state index < -0.39 is 18.0 Å². The van der Waals surface area contributed by atoms with Crippen LogP contribution in [0.3, 0.4) is 0 Å². The summed E-state index contributed by atoms with van der Waals surface area (Å²) in [5.41, 5.74) is 2.54. The van der Waals surface area contributed by atoms with E-state index in [4.69, 9.17) is 0 Å². The van der Waals surface area contributed by atoms with Crippen LogP contribution in [0.4, 0.5) is 10.5 Å². The number of nitrogens with one attached hydrogen (secondary N) is 4. The summed E-state index contributed by atoms with van der Waals surface area (Å²) in [6.45, 7) is 2.09. The number of aryl methyl sites for hydroxylation is 1. The summed E-state index contributed by atoms with van der Waals surface area (Å²) in [5, 5.41) is 7.60. The van der Waals surface area contributed by atoms with Crippen LogP contribution in [0.15, 0.2) is 54.6 Å². The average molecular weight is 383 g/mol. The van der Waals surface area contributed by atoms with Crippen molar-refractivity contribution in [3.05, 3.63) is 65.7 Å². The van der Waals surface area contributed by atoms with Crippen LogP contribution < -0.4 is 20.9 Å². The highest BCUT2D eigenvalue weighted by Crippen LogP contribution is 2.15. The molecule has 0 aromatic heterocycles. The number of hydrogen-bond acceptors (Lipinski definition) is 3. The van der Waals surface area contributed by atoms with Crippen LogP contribution in [0, 0.1) is 0 Å². The third-order valence-corrected chi connectivity index (χ3v) is 4.46. The van der Waals surface area contributed by atoms with Crippen molar-refractivity contribution in [1.82, 2.24) is 10.6 Å². The molecule has 0 saturated heterocycles. The Labute approximate surface area is 165 Å². The minimum atomic E-state index is -0.703. The fourth-order valence-corrected chi connectivity index (χ4v) is 3.05. The monoisotopic (exact) mass is 383 g/mol. The van der Waals surface area contributed by atoms with Crippen LogP contribution in [-0.2, 0) is 16.0 Å². The van der Waals surface area contributed by atoms with Crippen LogP contribution in [-0.4, -0.2) is 38.5 Å². The Bertz CT molecular complexity index is 823. The average Bonchev–Trinajstić information content (AvgIpc) is 2.69. The number of benzene rings is 2. The van der Waals surface area contributed by atoms with Crippen molar-refractivity contribution in [2.24, 2.45) is 0 Å². The Balaban J connectivity index is 2.15. The number of carbonyl (C=O) groups excluding carboxylic acids is 3. The lowest BCUT2D eigenvalue weighted by Crippen LogP contribution is -3.11. The Morgan fingerprint density at radius 2 is 1.64 bits per heavy atom. The molecular formula is C21H27N4O3+. The van der Waals surface area contributed by atoms with Crippen LogP contribution in [0.1, 0.15) is 24.1 Å². The van der Waals surface area contributed by atoms with Crippen LogP contribution in [0.25, 0.3) is 0 Å². The summed E-state index contributed by atoms with van der Waals surface area (Å²) in [4.78, 5) is 37.5. The van der Waals surface area contributed by atoms with Crippen molar-refractivity contribution in [2.45, 2.75) is 19.4 Å². The molecule has 1 unspecified atom stereocenters. The van der Waals surface area contributed by atoms with Gasteiger partial charge in [0.05, 0.1) is 7.05 Å². The molecule has 7 nitrogen and oxygen atoms in total. The van der Waals surface area contributed by atoms with Crippen molar-refractivity contribution in [1.29, 1.82) is 0 Å². The summed E-state index contributed by atoms with van der Waals surface area (Å²) in [7, 11) is 3.20. The van der Waals surface area contributed by atoms with E-state index in [-0.39, 0.29) is 12.5 Å². The minimum absolute atomic E-state index is 0.0682. The fraction of sp³-hybridized carbons (Fsp3) is 0.286. The summed E-state index contributed by atoms with van der Waals surface area (Å²) in [6.07, 6.45) is 0.806. The number of urea groups is 1. The van der Waals surface area contributed by atoms with E-state index in [0.29, 0.717) is 4.90 Å². The molecule has 28 heavy (non-hydrogen) atoms. The lowest BCUT2D eigenvalue weighted by atomic mass is 10.0. The lowest BCUT2D eigenvalue weighted by molar-refractivity contribution is -0.894. The minimum Gasteiger partial charge on any atom is -0.341 e. The molecular weight excluding hydrogens is 356 g/mol. The number of quaternary nitrogens is 1. The van der Waals surface area contributed by atoms with Crippen molar-refractivity contribution < 1.29 is 19.3 Å². The SMILES string of the molecule is CCc1ccccc1NC(=O)C[NH+](C)[C@H](C(=O)NC(=O)NC)c1ccccc1. The predicted molar refractivity (Wildman–Crippen MR) is 108 cm³/mol. The molecule has 4 N–H and O–H groups in total. The number of para-hydroxylation sites is 1. The maximum absolute atomic E-state index is 12.7. The van der Waals surface area contributed by atoms with Crippen molar-refractivity contribution in [3.8, 4) is 0 Å². The zero-order chi connectivity index (χ0) is 20.5. The Morgan fingerprint density at radius 3 is 2.29 bits per heavy atom. The van der Waals surface area contributed by atoms with Gasteiger partial charge in [-0.15, -0.1) is 0 Å². The van der Waals surface area contributed by atoms with Gasteiger partial charge in [-0.1, -0.05) is 55.5 Å². The highest BCUT2D eigenvalue weighted by molar-refractivity contribution is 5.97. The molecule has 0 aliphatic carbocycles. The van der Waals surface area contributed by atoms with E-state index in [1.54, 1.807) is 7.05 Å². The highest BCUT2D eigenvalue weighted by Gasteiger charge is 2.31. The van der Waals surface area contributed by atoms with E-state index in [1.807, 2.05) is 61.5 Å². The third kappa shape index (κ3) is 5.65. The summed E-state index contributed by atoms with van der Waals surface area (Å²) < 4.78 is 0. The number of hydrogen-bond donors (Lipinski definition) is 4. The first-order chi connectivity index (χ1) is 13.5. The molecule has 0 spiro atoms. The second-order valence-corrected chi connectivity index (χ2v) is 6.49. The smallest absolute Gasteiger partial charge is 0.321 e. The number of carbonyl (C=O) groups is 3. The highest BCUT2D eigenvalue weighted by atomic mass is 16.2. The first-order valence-corrected chi connectivity index (χ1v) is 9.23. The molecule has 0 heterocycles.